The SMILES string of the molecule is Clc1cccc(CNc2ncnc3c2oc2ccccc23)c1. The average molecular weight is 310 g/mol. The van der Waals surface area contributed by atoms with Gasteiger partial charge in [0.05, 0.1) is 0 Å². The molecule has 5 heteroatoms. The molecule has 0 fully saturated rings. The summed E-state index contributed by atoms with van der Waals surface area (Å²) in [6.07, 6.45) is 1.55. The van der Waals surface area contributed by atoms with E-state index in [9.17, 15) is 0 Å². The summed E-state index contributed by atoms with van der Waals surface area (Å²) in [7, 11) is 0. The Kier molecular flexibility index (Phi) is 3.16. The number of nitrogens with one attached hydrogen (secondary N) is 1. The van der Waals surface area contributed by atoms with Crippen LogP contribution in [0.25, 0.3) is 22.1 Å². The lowest BCUT2D eigenvalue weighted by atomic mass is 10.2. The Balaban J connectivity index is 1.72. The van der Waals surface area contributed by atoms with Crippen molar-refractivity contribution in [2.75, 3.05) is 5.32 Å². The molecule has 0 saturated heterocycles. The van der Waals surface area contributed by atoms with Crippen LogP contribution >= 0.6 is 11.6 Å². The first kappa shape index (κ1) is 13.1. The number of nitrogens with zero attached hydrogens (tertiary/aromatic N) is 2. The summed E-state index contributed by atoms with van der Waals surface area (Å²) in [5.41, 5.74) is 3.38. The number of hydrogen-bond donors (Lipinski definition) is 1. The lowest BCUT2D eigenvalue weighted by Gasteiger charge is -2.05. The van der Waals surface area contributed by atoms with E-state index in [2.05, 4.69) is 15.3 Å². The van der Waals surface area contributed by atoms with Gasteiger partial charge >= 0.3 is 0 Å². The highest BCUT2D eigenvalue weighted by Gasteiger charge is 2.12. The molecule has 4 nitrogen and oxygen atoms in total. The fraction of sp³-hybridized carbons (Fsp3) is 0.0588. The highest BCUT2D eigenvalue weighted by Crippen LogP contribution is 2.30. The predicted molar refractivity (Wildman–Crippen MR) is 88.1 cm³/mol. The van der Waals surface area contributed by atoms with E-state index in [1.165, 1.54) is 0 Å². The molecule has 0 saturated carbocycles. The van der Waals surface area contributed by atoms with Crippen LogP contribution in [0.4, 0.5) is 5.82 Å². The quantitative estimate of drug-likeness (QED) is 0.599. The lowest BCUT2D eigenvalue weighted by molar-refractivity contribution is 0.666. The molecule has 2 aromatic carbocycles. The molecule has 0 amide bonds. The van der Waals surface area contributed by atoms with Gasteiger partial charge < -0.3 is 9.73 Å². The Bertz CT molecular complexity index is 964. The normalized spacial score (nSPS) is 11.1. The van der Waals surface area contributed by atoms with Gasteiger partial charge in [0.1, 0.15) is 17.4 Å². The van der Waals surface area contributed by atoms with Gasteiger partial charge in [0, 0.05) is 17.0 Å². The minimum Gasteiger partial charge on any atom is -0.450 e. The van der Waals surface area contributed by atoms with Crippen molar-refractivity contribution in [1.29, 1.82) is 0 Å². The van der Waals surface area contributed by atoms with Crippen molar-refractivity contribution in [1.82, 2.24) is 9.97 Å². The van der Waals surface area contributed by atoms with E-state index in [-0.39, 0.29) is 0 Å². The summed E-state index contributed by atoms with van der Waals surface area (Å²) in [6.45, 7) is 0.615. The van der Waals surface area contributed by atoms with E-state index in [4.69, 9.17) is 16.0 Å². The molecule has 0 unspecified atom stereocenters. The molecule has 4 rings (SSSR count). The number of aromatic nitrogens is 2. The van der Waals surface area contributed by atoms with Crippen molar-refractivity contribution in [2.24, 2.45) is 0 Å². The first-order valence-corrected chi connectivity index (χ1v) is 7.29. The molecule has 0 bridgehead atoms. The maximum absolute atomic E-state index is 6.00. The molecular formula is C17H12ClN3O. The van der Waals surface area contributed by atoms with Crippen molar-refractivity contribution < 1.29 is 4.42 Å². The van der Waals surface area contributed by atoms with Gasteiger partial charge in [0.25, 0.3) is 0 Å². The topological polar surface area (TPSA) is 51.0 Å². The molecule has 0 radical (unpaired) electrons. The zero-order valence-electron chi connectivity index (χ0n) is 11.6. The molecule has 22 heavy (non-hydrogen) atoms. The van der Waals surface area contributed by atoms with Crippen molar-refractivity contribution in [2.45, 2.75) is 6.54 Å². The number of halogens is 1. The average Bonchev–Trinajstić information content (AvgIpc) is 2.92. The number of furan rings is 1. The van der Waals surface area contributed by atoms with Gasteiger partial charge in [-0.05, 0) is 29.8 Å². The summed E-state index contributed by atoms with van der Waals surface area (Å²) in [5, 5.41) is 5.00. The third-order valence-corrected chi connectivity index (χ3v) is 3.74. The van der Waals surface area contributed by atoms with Gasteiger partial charge in [-0.25, -0.2) is 9.97 Å². The number of fused-ring (bicyclic) bond motifs is 3. The van der Waals surface area contributed by atoms with Gasteiger partial charge in [-0.2, -0.15) is 0 Å². The minimum atomic E-state index is 0.615. The third kappa shape index (κ3) is 2.27. The second-order valence-corrected chi connectivity index (χ2v) is 5.42. The third-order valence-electron chi connectivity index (χ3n) is 3.51. The van der Waals surface area contributed by atoms with Crippen molar-refractivity contribution in [3.8, 4) is 0 Å². The predicted octanol–water partition coefficient (Wildman–Crippen LogP) is 4.64. The van der Waals surface area contributed by atoms with E-state index in [0.717, 1.165) is 27.1 Å². The van der Waals surface area contributed by atoms with Crippen LogP contribution in [0.15, 0.2) is 59.3 Å². The molecular weight excluding hydrogens is 298 g/mol. The zero-order valence-corrected chi connectivity index (χ0v) is 12.3. The van der Waals surface area contributed by atoms with Crippen LogP contribution in [0, 0.1) is 0 Å². The number of hydrogen-bond acceptors (Lipinski definition) is 4. The molecule has 0 atom stereocenters. The van der Waals surface area contributed by atoms with Crippen LogP contribution in [0.2, 0.25) is 5.02 Å². The first-order valence-electron chi connectivity index (χ1n) is 6.92. The lowest BCUT2D eigenvalue weighted by Crippen LogP contribution is -2.01. The summed E-state index contributed by atoms with van der Waals surface area (Å²) in [5.74, 6) is 0.682. The molecule has 0 aliphatic rings. The molecule has 0 aliphatic carbocycles. The van der Waals surface area contributed by atoms with Crippen LogP contribution in [0.1, 0.15) is 5.56 Å². The maximum Gasteiger partial charge on any atom is 0.196 e. The second kappa shape index (κ2) is 5.31. The van der Waals surface area contributed by atoms with E-state index >= 15 is 0 Å². The first-order chi connectivity index (χ1) is 10.8. The van der Waals surface area contributed by atoms with Gasteiger partial charge in [-0.15, -0.1) is 0 Å². The molecule has 2 aromatic heterocycles. The van der Waals surface area contributed by atoms with Gasteiger partial charge in [-0.3, -0.25) is 0 Å². The highest BCUT2D eigenvalue weighted by atomic mass is 35.5. The Morgan fingerprint density at radius 1 is 1.05 bits per heavy atom. The standard InChI is InChI=1S/C17H12ClN3O/c18-12-5-3-4-11(8-12)9-19-17-16-15(20-10-21-17)13-6-1-2-7-14(13)22-16/h1-8,10H,9H2,(H,19,20,21). The number of para-hydroxylation sites is 1. The van der Waals surface area contributed by atoms with Crippen LogP contribution in [0.3, 0.4) is 0 Å². The summed E-state index contributed by atoms with van der Waals surface area (Å²) in [6, 6.07) is 15.5. The Hall–Kier alpha value is -2.59. The van der Waals surface area contributed by atoms with E-state index < -0.39 is 0 Å². The van der Waals surface area contributed by atoms with E-state index in [0.29, 0.717) is 17.9 Å². The highest BCUT2D eigenvalue weighted by molar-refractivity contribution is 6.30. The van der Waals surface area contributed by atoms with E-state index in [1.54, 1.807) is 6.33 Å². The largest absolute Gasteiger partial charge is 0.450 e. The number of anilines is 1. The number of rotatable bonds is 3. The summed E-state index contributed by atoms with van der Waals surface area (Å²) in [4.78, 5) is 8.62. The van der Waals surface area contributed by atoms with Crippen molar-refractivity contribution in [3.05, 3.63) is 65.4 Å². The van der Waals surface area contributed by atoms with Crippen LogP contribution in [-0.2, 0) is 6.54 Å². The van der Waals surface area contributed by atoms with Crippen molar-refractivity contribution in [3.63, 3.8) is 0 Å². The monoisotopic (exact) mass is 309 g/mol. The molecule has 4 aromatic rings. The van der Waals surface area contributed by atoms with Crippen LogP contribution in [-0.4, -0.2) is 9.97 Å². The molecule has 108 valence electrons. The molecule has 1 N–H and O–H groups in total. The molecule has 2 heterocycles. The second-order valence-electron chi connectivity index (χ2n) is 4.98. The molecule has 0 aliphatic heterocycles. The van der Waals surface area contributed by atoms with E-state index in [1.807, 2.05) is 48.5 Å². The number of benzene rings is 2. The van der Waals surface area contributed by atoms with Gasteiger partial charge in [0.2, 0.25) is 0 Å². The van der Waals surface area contributed by atoms with Crippen LogP contribution in [0.5, 0.6) is 0 Å². The summed E-state index contributed by atoms with van der Waals surface area (Å²) >= 11 is 6.00. The van der Waals surface area contributed by atoms with Gasteiger partial charge in [-0.1, -0.05) is 35.9 Å². The summed E-state index contributed by atoms with van der Waals surface area (Å²) < 4.78 is 5.88. The smallest absolute Gasteiger partial charge is 0.196 e. The Morgan fingerprint density at radius 3 is 2.86 bits per heavy atom. The zero-order chi connectivity index (χ0) is 14.9. The fourth-order valence-electron chi connectivity index (χ4n) is 2.48. The fourth-order valence-corrected chi connectivity index (χ4v) is 2.70. The Labute approximate surface area is 131 Å². The minimum absolute atomic E-state index is 0.615. The van der Waals surface area contributed by atoms with Crippen LogP contribution < -0.4 is 5.32 Å². The Morgan fingerprint density at radius 2 is 1.95 bits per heavy atom. The maximum atomic E-state index is 6.00. The van der Waals surface area contributed by atoms with Crippen molar-refractivity contribution >= 4 is 39.5 Å². The molecule has 0 spiro atoms. The van der Waals surface area contributed by atoms with Gasteiger partial charge in [0.15, 0.2) is 11.4 Å².